The first-order valence-electron chi connectivity index (χ1n) is 5.40. The molecule has 0 radical (unpaired) electrons. The molecule has 1 aliphatic rings. The summed E-state index contributed by atoms with van der Waals surface area (Å²) in [5.74, 6) is -0.140. The van der Waals surface area contributed by atoms with Gasteiger partial charge < -0.3 is 5.11 Å². The molecule has 0 aromatic heterocycles. The van der Waals surface area contributed by atoms with Gasteiger partial charge in [-0.15, -0.1) is 6.58 Å². The summed E-state index contributed by atoms with van der Waals surface area (Å²) in [4.78, 5) is 0. The topological polar surface area (TPSA) is 66.4 Å². The third-order valence-electron chi connectivity index (χ3n) is 2.85. The lowest BCUT2D eigenvalue weighted by atomic mass is 10.1. The summed E-state index contributed by atoms with van der Waals surface area (Å²) in [6, 6.07) is 6.92. The highest BCUT2D eigenvalue weighted by Gasteiger charge is 2.33. The molecule has 1 aromatic rings. The fourth-order valence-corrected chi connectivity index (χ4v) is 3.19. The minimum Gasteiger partial charge on any atom is -0.391 e. The number of benzene rings is 1. The van der Waals surface area contributed by atoms with E-state index in [0.29, 0.717) is 6.42 Å². The number of sulfonamides is 1. The van der Waals surface area contributed by atoms with Crippen LogP contribution < -0.4 is 4.72 Å². The zero-order valence-corrected chi connectivity index (χ0v) is 10.2. The van der Waals surface area contributed by atoms with E-state index in [9.17, 15) is 13.5 Å². The molecule has 2 rings (SSSR count). The molecule has 4 nitrogen and oxygen atoms in total. The summed E-state index contributed by atoms with van der Waals surface area (Å²) >= 11 is 0. The molecule has 1 aromatic carbocycles. The Morgan fingerprint density at radius 1 is 1.47 bits per heavy atom. The van der Waals surface area contributed by atoms with E-state index in [0.717, 1.165) is 11.1 Å². The molecule has 0 saturated heterocycles. The van der Waals surface area contributed by atoms with E-state index in [-0.39, 0.29) is 5.75 Å². The van der Waals surface area contributed by atoms with Crippen molar-refractivity contribution in [3.63, 3.8) is 0 Å². The summed E-state index contributed by atoms with van der Waals surface area (Å²) in [7, 11) is -3.42. The number of fused-ring (bicyclic) bond motifs is 1. The normalized spacial score (nSPS) is 23.4. The van der Waals surface area contributed by atoms with E-state index in [2.05, 4.69) is 11.3 Å². The average molecular weight is 253 g/mol. The first kappa shape index (κ1) is 12.3. The molecule has 0 bridgehead atoms. The lowest BCUT2D eigenvalue weighted by molar-refractivity contribution is 0.151. The molecule has 17 heavy (non-hydrogen) atoms. The summed E-state index contributed by atoms with van der Waals surface area (Å²) < 4.78 is 25.8. The molecule has 2 N–H and O–H groups in total. The molecule has 0 amide bonds. The average Bonchev–Trinajstić information content (AvgIpc) is 2.55. The second-order valence-electron chi connectivity index (χ2n) is 4.14. The van der Waals surface area contributed by atoms with Crippen LogP contribution in [0.4, 0.5) is 0 Å². The Kier molecular flexibility index (Phi) is 3.33. The Labute approximate surface area is 101 Å². The van der Waals surface area contributed by atoms with Crippen LogP contribution in [0.2, 0.25) is 0 Å². The van der Waals surface area contributed by atoms with Crippen molar-refractivity contribution in [3.8, 4) is 0 Å². The van der Waals surface area contributed by atoms with Crippen molar-refractivity contribution >= 4 is 10.0 Å². The standard InChI is InChI=1S/C12H15NO3S/c1-2-7-17(15,16)13-12-10-6-4-3-5-9(10)8-11(12)14/h2-6,11-14H,1,7-8H2. The Hall–Kier alpha value is -1.17. The van der Waals surface area contributed by atoms with Gasteiger partial charge in [0.15, 0.2) is 0 Å². The minimum absolute atomic E-state index is 0.140. The van der Waals surface area contributed by atoms with E-state index >= 15 is 0 Å². The van der Waals surface area contributed by atoms with Gasteiger partial charge in [0, 0.05) is 6.42 Å². The van der Waals surface area contributed by atoms with Gasteiger partial charge in [0.1, 0.15) is 0 Å². The lowest BCUT2D eigenvalue weighted by Crippen LogP contribution is -2.34. The fraction of sp³-hybridized carbons (Fsp3) is 0.333. The highest BCUT2D eigenvalue weighted by atomic mass is 32.2. The van der Waals surface area contributed by atoms with Gasteiger partial charge in [-0.25, -0.2) is 13.1 Å². The summed E-state index contributed by atoms with van der Waals surface area (Å²) in [6.07, 6.45) is 1.11. The maximum Gasteiger partial charge on any atom is 0.215 e. The van der Waals surface area contributed by atoms with Gasteiger partial charge in [0.05, 0.1) is 17.9 Å². The summed E-state index contributed by atoms with van der Waals surface area (Å²) in [5, 5.41) is 9.89. The van der Waals surface area contributed by atoms with E-state index in [1.54, 1.807) is 0 Å². The van der Waals surface area contributed by atoms with Crippen molar-refractivity contribution in [1.29, 1.82) is 0 Å². The van der Waals surface area contributed by atoms with Crippen LogP contribution in [0.1, 0.15) is 17.2 Å². The maximum absolute atomic E-state index is 11.6. The van der Waals surface area contributed by atoms with Crippen molar-refractivity contribution < 1.29 is 13.5 Å². The fourth-order valence-electron chi connectivity index (χ4n) is 2.11. The van der Waals surface area contributed by atoms with E-state index in [4.69, 9.17) is 0 Å². The van der Waals surface area contributed by atoms with Crippen molar-refractivity contribution in [2.75, 3.05) is 5.75 Å². The molecule has 0 spiro atoms. The van der Waals surface area contributed by atoms with Crippen LogP contribution in [-0.2, 0) is 16.4 Å². The minimum atomic E-state index is -3.42. The Morgan fingerprint density at radius 3 is 2.88 bits per heavy atom. The Bertz CT molecular complexity index is 524. The van der Waals surface area contributed by atoms with Gasteiger partial charge in [-0.05, 0) is 11.1 Å². The van der Waals surface area contributed by atoms with Crippen molar-refractivity contribution in [2.24, 2.45) is 0 Å². The van der Waals surface area contributed by atoms with Crippen LogP contribution in [0.25, 0.3) is 0 Å². The Balaban J connectivity index is 2.25. The third-order valence-corrected chi connectivity index (χ3v) is 4.14. The monoisotopic (exact) mass is 253 g/mol. The van der Waals surface area contributed by atoms with Gasteiger partial charge in [-0.1, -0.05) is 30.3 Å². The molecule has 1 aliphatic carbocycles. The number of aliphatic hydroxyl groups is 1. The molecule has 0 heterocycles. The molecule has 92 valence electrons. The molecule has 2 atom stereocenters. The van der Waals surface area contributed by atoms with Crippen LogP contribution >= 0.6 is 0 Å². The first-order valence-corrected chi connectivity index (χ1v) is 7.05. The van der Waals surface area contributed by atoms with Crippen molar-refractivity contribution in [2.45, 2.75) is 18.6 Å². The summed E-state index contributed by atoms with van der Waals surface area (Å²) in [6.45, 7) is 3.40. The lowest BCUT2D eigenvalue weighted by Gasteiger charge is -2.17. The Morgan fingerprint density at radius 2 is 2.18 bits per heavy atom. The number of nitrogens with one attached hydrogen (secondary N) is 1. The van der Waals surface area contributed by atoms with Gasteiger partial charge in [-0.3, -0.25) is 0 Å². The number of hydrogen-bond donors (Lipinski definition) is 2. The first-order chi connectivity index (χ1) is 8.03. The number of hydrogen-bond acceptors (Lipinski definition) is 3. The zero-order chi connectivity index (χ0) is 12.5. The van der Waals surface area contributed by atoms with E-state index in [1.807, 2.05) is 24.3 Å². The predicted molar refractivity (Wildman–Crippen MR) is 66.0 cm³/mol. The molecule has 0 aliphatic heterocycles. The molecule has 5 heteroatoms. The third kappa shape index (κ3) is 2.57. The van der Waals surface area contributed by atoms with Gasteiger partial charge in [0.2, 0.25) is 10.0 Å². The maximum atomic E-state index is 11.6. The van der Waals surface area contributed by atoms with Gasteiger partial charge in [0.25, 0.3) is 0 Å². The second kappa shape index (κ2) is 4.60. The highest BCUT2D eigenvalue weighted by molar-refractivity contribution is 7.89. The molecular weight excluding hydrogens is 238 g/mol. The molecular formula is C12H15NO3S. The van der Waals surface area contributed by atoms with Gasteiger partial charge in [-0.2, -0.15) is 0 Å². The van der Waals surface area contributed by atoms with E-state index in [1.165, 1.54) is 6.08 Å². The smallest absolute Gasteiger partial charge is 0.215 e. The largest absolute Gasteiger partial charge is 0.391 e. The summed E-state index contributed by atoms with van der Waals surface area (Å²) in [5.41, 5.74) is 1.85. The van der Waals surface area contributed by atoms with E-state index < -0.39 is 22.2 Å². The highest BCUT2D eigenvalue weighted by Crippen LogP contribution is 2.31. The number of aliphatic hydroxyl groups excluding tert-OH is 1. The molecule has 2 unspecified atom stereocenters. The predicted octanol–water partition coefficient (Wildman–Crippen LogP) is 0.750. The second-order valence-corrected chi connectivity index (χ2v) is 5.93. The van der Waals surface area contributed by atoms with Gasteiger partial charge >= 0.3 is 0 Å². The van der Waals surface area contributed by atoms with Crippen LogP contribution in [0, 0.1) is 0 Å². The SMILES string of the molecule is C=CCS(=O)(=O)NC1c2ccccc2CC1O. The van der Waals surface area contributed by atoms with Crippen LogP contribution in [0.3, 0.4) is 0 Å². The van der Waals surface area contributed by atoms with Crippen LogP contribution in [0.15, 0.2) is 36.9 Å². The quantitative estimate of drug-likeness (QED) is 0.778. The molecule has 0 fully saturated rings. The van der Waals surface area contributed by atoms with Crippen molar-refractivity contribution in [3.05, 3.63) is 48.0 Å². The van der Waals surface area contributed by atoms with Crippen molar-refractivity contribution in [1.82, 2.24) is 4.72 Å². The molecule has 0 saturated carbocycles. The number of rotatable bonds is 4. The van der Waals surface area contributed by atoms with Crippen LogP contribution in [0.5, 0.6) is 0 Å². The van der Waals surface area contributed by atoms with Crippen LogP contribution in [-0.4, -0.2) is 25.4 Å². The zero-order valence-electron chi connectivity index (χ0n) is 9.33.